The van der Waals surface area contributed by atoms with Gasteiger partial charge in [-0.15, -0.1) is 0 Å². The minimum atomic E-state index is 0.856. The molecule has 2 atom stereocenters. The normalized spacial score (nSPS) is 32.7. The van der Waals surface area contributed by atoms with Crippen LogP contribution < -0.4 is 5.32 Å². The first-order chi connectivity index (χ1) is 9.83. The van der Waals surface area contributed by atoms with E-state index in [9.17, 15) is 0 Å². The van der Waals surface area contributed by atoms with Crippen molar-refractivity contribution in [1.29, 1.82) is 0 Å². The van der Waals surface area contributed by atoms with Crippen LogP contribution in [0.2, 0.25) is 0 Å². The Balaban J connectivity index is 1.44. The highest BCUT2D eigenvalue weighted by molar-refractivity contribution is 4.88. The summed E-state index contributed by atoms with van der Waals surface area (Å²) in [6.45, 7) is 6.52. The van der Waals surface area contributed by atoms with E-state index < -0.39 is 0 Å². The first kappa shape index (κ1) is 14.8. The molecule has 3 rings (SSSR count). The Bertz CT molecular complexity index is 284. The van der Waals surface area contributed by atoms with Crippen molar-refractivity contribution in [3.8, 4) is 0 Å². The predicted molar refractivity (Wildman–Crippen MR) is 85.1 cm³/mol. The molecule has 20 heavy (non-hydrogen) atoms. The molecule has 1 N–H and O–H groups in total. The number of nitrogens with one attached hydrogen (secondary N) is 1. The van der Waals surface area contributed by atoms with Crippen LogP contribution in [0.3, 0.4) is 0 Å². The zero-order valence-corrected chi connectivity index (χ0v) is 13.3. The van der Waals surface area contributed by atoms with Gasteiger partial charge >= 0.3 is 0 Å². The van der Waals surface area contributed by atoms with Crippen molar-refractivity contribution in [2.45, 2.75) is 63.5 Å². The lowest BCUT2D eigenvalue weighted by atomic mass is 9.97. The molecule has 0 radical (unpaired) electrons. The molecule has 3 aliphatic rings. The van der Waals surface area contributed by atoms with Crippen molar-refractivity contribution >= 4 is 0 Å². The van der Waals surface area contributed by atoms with Gasteiger partial charge in [-0.25, -0.2) is 0 Å². The Kier molecular flexibility index (Phi) is 5.36. The molecule has 116 valence electrons. The van der Waals surface area contributed by atoms with Crippen molar-refractivity contribution in [2.75, 3.05) is 39.8 Å². The number of rotatable bonds is 6. The van der Waals surface area contributed by atoms with Crippen molar-refractivity contribution in [3.05, 3.63) is 0 Å². The number of likely N-dealkylation sites (tertiary alicyclic amines) is 1. The Morgan fingerprint density at radius 1 is 1.10 bits per heavy atom. The van der Waals surface area contributed by atoms with Gasteiger partial charge in [-0.05, 0) is 84.1 Å². The largest absolute Gasteiger partial charge is 0.316 e. The van der Waals surface area contributed by atoms with Gasteiger partial charge in [-0.3, -0.25) is 0 Å². The average molecular weight is 279 g/mol. The number of piperidine rings is 2. The summed E-state index contributed by atoms with van der Waals surface area (Å²) in [5, 5.41) is 3.58. The van der Waals surface area contributed by atoms with Crippen LogP contribution in [0.5, 0.6) is 0 Å². The summed E-state index contributed by atoms with van der Waals surface area (Å²) in [5.41, 5.74) is 0. The van der Waals surface area contributed by atoms with Crippen molar-refractivity contribution in [3.63, 3.8) is 0 Å². The molecule has 0 aromatic heterocycles. The summed E-state index contributed by atoms with van der Waals surface area (Å²) in [4.78, 5) is 5.44. The molecule has 0 spiro atoms. The standard InChI is InChI=1S/C17H33N3/c1-19-11-3-2-6-16(19)9-12-20(17-7-8-17)14-15-5-4-10-18-13-15/h15-18H,2-14H2,1H3. The summed E-state index contributed by atoms with van der Waals surface area (Å²) in [6.07, 6.45) is 11.4. The van der Waals surface area contributed by atoms with E-state index in [0.717, 1.165) is 18.0 Å². The minimum absolute atomic E-state index is 0.856. The second-order valence-electron chi connectivity index (χ2n) is 7.36. The Hall–Kier alpha value is -0.120. The fourth-order valence-corrected chi connectivity index (χ4v) is 4.10. The lowest BCUT2D eigenvalue weighted by molar-refractivity contribution is 0.139. The molecule has 0 aromatic carbocycles. The van der Waals surface area contributed by atoms with Gasteiger partial charge in [-0.2, -0.15) is 0 Å². The second-order valence-corrected chi connectivity index (χ2v) is 7.36. The van der Waals surface area contributed by atoms with Crippen molar-refractivity contribution in [1.82, 2.24) is 15.1 Å². The minimum Gasteiger partial charge on any atom is -0.316 e. The van der Waals surface area contributed by atoms with E-state index in [-0.39, 0.29) is 0 Å². The predicted octanol–water partition coefficient (Wildman–Crippen LogP) is 2.32. The molecule has 2 heterocycles. The van der Waals surface area contributed by atoms with E-state index >= 15 is 0 Å². The summed E-state index contributed by atoms with van der Waals surface area (Å²) < 4.78 is 0. The molecule has 0 amide bonds. The molecule has 3 heteroatoms. The van der Waals surface area contributed by atoms with Crippen LogP contribution in [0.1, 0.15) is 51.4 Å². The summed E-state index contributed by atoms with van der Waals surface area (Å²) in [5.74, 6) is 0.911. The van der Waals surface area contributed by atoms with Crippen LogP contribution in [0.25, 0.3) is 0 Å². The third-order valence-corrected chi connectivity index (χ3v) is 5.63. The Labute approximate surface area is 125 Å². The van der Waals surface area contributed by atoms with Crippen LogP contribution in [-0.4, -0.2) is 61.7 Å². The maximum absolute atomic E-state index is 3.58. The molecule has 2 aliphatic heterocycles. The zero-order chi connectivity index (χ0) is 13.8. The van der Waals surface area contributed by atoms with Crippen LogP contribution in [-0.2, 0) is 0 Å². The van der Waals surface area contributed by atoms with E-state index in [0.29, 0.717) is 0 Å². The quantitative estimate of drug-likeness (QED) is 0.805. The molecule has 1 aliphatic carbocycles. The maximum Gasteiger partial charge on any atom is 0.0104 e. The van der Waals surface area contributed by atoms with Gasteiger partial charge in [0.15, 0.2) is 0 Å². The molecule has 2 unspecified atom stereocenters. The third-order valence-electron chi connectivity index (χ3n) is 5.63. The SMILES string of the molecule is CN1CCCCC1CCN(CC1CCCNC1)C1CC1. The van der Waals surface area contributed by atoms with Gasteiger partial charge in [-0.1, -0.05) is 6.42 Å². The molecule has 1 saturated carbocycles. The highest BCUT2D eigenvalue weighted by atomic mass is 15.2. The molecular weight excluding hydrogens is 246 g/mol. The first-order valence-corrected chi connectivity index (χ1v) is 8.98. The van der Waals surface area contributed by atoms with Crippen LogP contribution in [0.4, 0.5) is 0 Å². The molecular formula is C17H33N3. The molecule has 0 bridgehead atoms. The monoisotopic (exact) mass is 279 g/mol. The number of nitrogens with zero attached hydrogens (tertiary/aromatic N) is 2. The van der Waals surface area contributed by atoms with E-state index in [1.54, 1.807) is 0 Å². The topological polar surface area (TPSA) is 18.5 Å². The average Bonchev–Trinajstić information content (AvgIpc) is 3.31. The summed E-state index contributed by atoms with van der Waals surface area (Å²) in [6, 6.07) is 1.79. The zero-order valence-electron chi connectivity index (χ0n) is 13.3. The van der Waals surface area contributed by atoms with Crippen molar-refractivity contribution in [2.24, 2.45) is 5.92 Å². The fourth-order valence-electron chi connectivity index (χ4n) is 4.10. The van der Waals surface area contributed by atoms with Gasteiger partial charge in [0.25, 0.3) is 0 Å². The van der Waals surface area contributed by atoms with Crippen LogP contribution in [0.15, 0.2) is 0 Å². The molecule has 2 saturated heterocycles. The van der Waals surface area contributed by atoms with E-state index in [4.69, 9.17) is 0 Å². The molecule has 3 nitrogen and oxygen atoms in total. The number of hydrogen-bond acceptors (Lipinski definition) is 3. The van der Waals surface area contributed by atoms with E-state index in [2.05, 4.69) is 22.2 Å². The molecule has 0 aromatic rings. The van der Waals surface area contributed by atoms with E-state index in [1.807, 2.05) is 0 Å². The highest BCUT2D eigenvalue weighted by Gasteiger charge is 2.31. The smallest absolute Gasteiger partial charge is 0.0104 e. The summed E-state index contributed by atoms with van der Waals surface area (Å²) in [7, 11) is 2.33. The van der Waals surface area contributed by atoms with Crippen LogP contribution in [0, 0.1) is 5.92 Å². The molecule has 3 fully saturated rings. The third kappa shape index (κ3) is 4.19. The summed E-state index contributed by atoms with van der Waals surface area (Å²) >= 11 is 0. The van der Waals surface area contributed by atoms with Gasteiger partial charge in [0.2, 0.25) is 0 Å². The second kappa shape index (κ2) is 7.24. The van der Waals surface area contributed by atoms with Gasteiger partial charge in [0.1, 0.15) is 0 Å². The van der Waals surface area contributed by atoms with Crippen LogP contribution >= 0.6 is 0 Å². The van der Waals surface area contributed by atoms with Gasteiger partial charge < -0.3 is 15.1 Å². The number of hydrogen-bond donors (Lipinski definition) is 1. The van der Waals surface area contributed by atoms with Crippen molar-refractivity contribution < 1.29 is 0 Å². The Morgan fingerprint density at radius 2 is 2.00 bits per heavy atom. The maximum atomic E-state index is 3.58. The fraction of sp³-hybridized carbons (Fsp3) is 1.00. The first-order valence-electron chi connectivity index (χ1n) is 8.98. The lowest BCUT2D eigenvalue weighted by Crippen LogP contribution is -2.42. The lowest BCUT2D eigenvalue weighted by Gasteiger charge is -2.35. The van der Waals surface area contributed by atoms with Gasteiger partial charge in [0, 0.05) is 18.6 Å². The highest BCUT2D eigenvalue weighted by Crippen LogP contribution is 2.29. The Morgan fingerprint density at radius 3 is 2.70 bits per heavy atom. The van der Waals surface area contributed by atoms with E-state index in [1.165, 1.54) is 84.1 Å². The van der Waals surface area contributed by atoms with Gasteiger partial charge in [0.05, 0.1) is 0 Å².